The number of benzene rings is 1. The van der Waals surface area contributed by atoms with Gasteiger partial charge in [-0.25, -0.2) is 0 Å². The Hall–Kier alpha value is -2.05. The van der Waals surface area contributed by atoms with Crippen LogP contribution in [0.1, 0.15) is 19.3 Å². The SMILES string of the molecule is O=C(O)C[C@@H]1[C@H](C(O)=CCCOc2ccccc2)[C@H](O)C[C@@H]1O. The van der Waals surface area contributed by atoms with E-state index >= 15 is 0 Å². The lowest BCUT2D eigenvalue weighted by Gasteiger charge is -2.21. The van der Waals surface area contributed by atoms with Gasteiger partial charge in [0.05, 0.1) is 31.0 Å². The third kappa shape index (κ3) is 4.71. The summed E-state index contributed by atoms with van der Waals surface area (Å²) in [6.45, 7) is 0.350. The molecule has 6 heteroatoms. The minimum absolute atomic E-state index is 0.0705. The van der Waals surface area contributed by atoms with E-state index in [1.54, 1.807) is 0 Å². The largest absolute Gasteiger partial charge is 0.512 e. The molecule has 1 aliphatic rings. The number of ether oxygens (including phenoxy) is 1. The fourth-order valence-corrected chi connectivity index (χ4v) is 3.01. The number of carboxylic acids is 1. The highest BCUT2D eigenvalue weighted by Gasteiger charge is 2.44. The summed E-state index contributed by atoms with van der Waals surface area (Å²) in [5, 5.41) is 38.9. The van der Waals surface area contributed by atoms with Gasteiger partial charge >= 0.3 is 5.97 Å². The van der Waals surface area contributed by atoms with Crippen LogP contribution < -0.4 is 4.74 Å². The van der Waals surface area contributed by atoms with Crippen molar-refractivity contribution in [1.82, 2.24) is 0 Å². The second-order valence-electron chi connectivity index (χ2n) is 5.74. The molecule has 0 aromatic heterocycles. The molecule has 4 N–H and O–H groups in total. The number of para-hydroxylation sites is 1. The van der Waals surface area contributed by atoms with Crippen LogP contribution in [0.4, 0.5) is 0 Å². The Morgan fingerprint density at radius 3 is 2.52 bits per heavy atom. The molecule has 0 bridgehead atoms. The smallest absolute Gasteiger partial charge is 0.303 e. The normalized spacial score (nSPS) is 27.8. The van der Waals surface area contributed by atoms with Gasteiger partial charge in [-0.15, -0.1) is 0 Å². The Morgan fingerprint density at radius 1 is 1.17 bits per heavy atom. The molecule has 0 heterocycles. The Balaban J connectivity index is 1.91. The summed E-state index contributed by atoms with van der Waals surface area (Å²) in [5.41, 5.74) is 0. The van der Waals surface area contributed by atoms with Crippen LogP contribution >= 0.6 is 0 Å². The molecule has 0 spiro atoms. The van der Waals surface area contributed by atoms with Gasteiger partial charge in [0.2, 0.25) is 0 Å². The molecule has 126 valence electrons. The van der Waals surface area contributed by atoms with E-state index in [0.717, 1.165) is 5.75 Å². The van der Waals surface area contributed by atoms with Gasteiger partial charge in [-0.3, -0.25) is 4.79 Å². The Bertz CT molecular complexity index is 541. The molecule has 2 rings (SSSR count). The number of carboxylic acid groups (broad SMARTS) is 1. The van der Waals surface area contributed by atoms with E-state index in [1.165, 1.54) is 6.08 Å². The summed E-state index contributed by atoms with van der Waals surface area (Å²) in [6, 6.07) is 9.24. The van der Waals surface area contributed by atoms with Gasteiger partial charge in [-0.05, 0) is 18.2 Å². The summed E-state index contributed by atoms with van der Waals surface area (Å²) in [7, 11) is 0. The van der Waals surface area contributed by atoms with Crippen LogP contribution in [0.2, 0.25) is 0 Å². The minimum atomic E-state index is -1.06. The first-order valence-electron chi connectivity index (χ1n) is 7.64. The summed E-state index contributed by atoms with van der Waals surface area (Å²) in [4.78, 5) is 10.9. The first-order chi connectivity index (χ1) is 11.0. The predicted octanol–water partition coefficient (Wildman–Crippen LogP) is 1.73. The second-order valence-corrected chi connectivity index (χ2v) is 5.74. The number of carbonyl (C=O) groups is 1. The summed E-state index contributed by atoms with van der Waals surface area (Å²) in [5.74, 6) is -1.86. The molecular weight excluding hydrogens is 300 g/mol. The van der Waals surface area contributed by atoms with E-state index in [-0.39, 0.29) is 18.6 Å². The third-order valence-electron chi connectivity index (χ3n) is 4.09. The van der Waals surface area contributed by atoms with Gasteiger partial charge in [0, 0.05) is 24.7 Å². The molecule has 0 radical (unpaired) electrons. The molecule has 23 heavy (non-hydrogen) atoms. The van der Waals surface area contributed by atoms with Gasteiger partial charge in [0.25, 0.3) is 0 Å². The Labute approximate surface area is 134 Å². The van der Waals surface area contributed by atoms with Crippen LogP contribution in [-0.2, 0) is 4.79 Å². The molecule has 1 aliphatic carbocycles. The van der Waals surface area contributed by atoms with Crippen molar-refractivity contribution in [2.75, 3.05) is 6.61 Å². The van der Waals surface area contributed by atoms with Crippen LogP contribution in [0, 0.1) is 11.8 Å². The topological polar surface area (TPSA) is 107 Å². The highest BCUT2D eigenvalue weighted by molar-refractivity contribution is 5.67. The number of aliphatic carboxylic acids is 1. The van der Waals surface area contributed by atoms with Crippen LogP contribution in [0.5, 0.6) is 5.75 Å². The quantitative estimate of drug-likeness (QED) is 0.450. The van der Waals surface area contributed by atoms with E-state index in [0.29, 0.717) is 13.0 Å². The molecule has 1 aromatic rings. The van der Waals surface area contributed by atoms with Crippen molar-refractivity contribution < 1.29 is 30.0 Å². The van der Waals surface area contributed by atoms with Crippen molar-refractivity contribution in [3.8, 4) is 5.75 Å². The van der Waals surface area contributed by atoms with Gasteiger partial charge in [0.15, 0.2) is 0 Å². The van der Waals surface area contributed by atoms with Crippen LogP contribution in [0.3, 0.4) is 0 Å². The lowest BCUT2D eigenvalue weighted by atomic mass is 9.88. The lowest BCUT2D eigenvalue weighted by molar-refractivity contribution is -0.139. The van der Waals surface area contributed by atoms with Gasteiger partial charge in [-0.1, -0.05) is 18.2 Å². The highest BCUT2D eigenvalue weighted by Crippen LogP contribution is 2.38. The molecule has 0 amide bonds. The maximum Gasteiger partial charge on any atom is 0.303 e. The van der Waals surface area contributed by atoms with Gasteiger partial charge < -0.3 is 25.2 Å². The van der Waals surface area contributed by atoms with Crippen molar-refractivity contribution in [3.05, 3.63) is 42.2 Å². The minimum Gasteiger partial charge on any atom is -0.512 e. The molecule has 4 atom stereocenters. The fraction of sp³-hybridized carbons (Fsp3) is 0.471. The molecule has 1 aromatic carbocycles. The number of rotatable bonds is 7. The van der Waals surface area contributed by atoms with E-state index in [4.69, 9.17) is 9.84 Å². The number of aliphatic hydroxyl groups excluding tert-OH is 3. The second kappa shape index (κ2) is 7.99. The zero-order valence-electron chi connectivity index (χ0n) is 12.7. The lowest BCUT2D eigenvalue weighted by Crippen LogP contribution is -2.26. The average molecular weight is 322 g/mol. The molecule has 6 nitrogen and oxygen atoms in total. The maximum atomic E-state index is 10.9. The monoisotopic (exact) mass is 322 g/mol. The van der Waals surface area contributed by atoms with Crippen LogP contribution in [0.25, 0.3) is 0 Å². The number of aliphatic hydroxyl groups is 3. The van der Waals surface area contributed by atoms with Gasteiger partial charge in [0.1, 0.15) is 5.75 Å². The standard InChI is InChI=1S/C17H22O6/c18-13(7-4-8-23-11-5-2-1-3-6-11)17-12(9-16(21)22)14(19)10-15(17)20/h1-3,5-7,12,14-15,17-20H,4,8-10H2,(H,21,22)/t12-,14-,15+,17+/m0/s1. The zero-order valence-corrected chi connectivity index (χ0v) is 12.7. The highest BCUT2D eigenvalue weighted by atomic mass is 16.5. The average Bonchev–Trinajstić information content (AvgIpc) is 2.78. The molecule has 0 unspecified atom stereocenters. The first kappa shape index (κ1) is 17.3. The third-order valence-corrected chi connectivity index (χ3v) is 4.09. The van der Waals surface area contributed by atoms with Gasteiger partial charge in [-0.2, -0.15) is 0 Å². The fourth-order valence-electron chi connectivity index (χ4n) is 3.01. The van der Waals surface area contributed by atoms with Crippen molar-refractivity contribution in [2.24, 2.45) is 11.8 Å². The van der Waals surface area contributed by atoms with E-state index < -0.39 is 30.0 Å². The van der Waals surface area contributed by atoms with Crippen molar-refractivity contribution in [1.29, 1.82) is 0 Å². The molecular formula is C17H22O6. The number of hydrogen-bond donors (Lipinski definition) is 4. The molecule has 0 saturated heterocycles. The van der Waals surface area contributed by atoms with Crippen LogP contribution in [0.15, 0.2) is 42.2 Å². The summed E-state index contributed by atoms with van der Waals surface area (Å²) in [6.07, 6.45) is -0.158. The molecule has 1 saturated carbocycles. The van der Waals surface area contributed by atoms with Crippen molar-refractivity contribution in [2.45, 2.75) is 31.5 Å². The van der Waals surface area contributed by atoms with E-state index in [9.17, 15) is 20.1 Å². The van der Waals surface area contributed by atoms with Crippen molar-refractivity contribution in [3.63, 3.8) is 0 Å². The van der Waals surface area contributed by atoms with E-state index in [2.05, 4.69) is 0 Å². The zero-order chi connectivity index (χ0) is 16.8. The first-order valence-corrected chi connectivity index (χ1v) is 7.64. The summed E-state index contributed by atoms with van der Waals surface area (Å²) >= 11 is 0. The molecule has 0 aliphatic heterocycles. The Kier molecular flexibility index (Phi) is 6.01. The predicted molar refractivity (Wildman–Crippen MR) is 83.1 cm³/mol. The van der Waals surface area contributed by atoms with E-state index in [1.807, 2.05) is 30.3 Å². The number of hydrogen-bond acceptors (Lipinski definition) is 5. The summed E-state index contributed by atoms with van der Waals surface area (Å²) < 4.78 is 5.50. The maximum absolute atomic E-state index is 10.9. The Morgan fingerprint density at radius 2 is 1.87 bits per heavy atom. The van der Waals surface area contributed by atoms with Crippen molar-refractivity contribution >= 4 is 5.97 Å². The molecule has 1 fully saturated rings. The van der Waals surface area contributed by atoms with Crippen LogP contribution in [-0.4, -0.2) is 45.2 Å².